The van der Waals surface area contributed by atoms with E-state index in [-0.39, 0.29) is 53.2 Å². The SMILES string of the molecule is CCC(C(C)C)C(C(C)C)(C(C)C)S(=O)(=O)[O-].[Na+]. The van der Waals surface area contributed by atoms with Crippen LogP contribution in [0.15, 0.2) is 0 Å². The van der Waals surface area contributed by atoms with Crippen LogP contribution in [0.2, 0.25) is 0 Å². The van der Waals surface area contributed by atoms with E-state index in [2.05, 4.69) is 0 Å². The van der Waals surface area contributed by atoms with E-state index in [1.165, 1.54) is 0 Å². The van der Waals surface area contributed by atoms with Gasteiger partial charge < -0.3 is 4.55 Å². The molecule has 18 heavy (non-hydrogen) atoms. The molecule has 104 valence electrons. The van der Waals surface area contributed by atoms with Crippen molar-refractivity contribution in [3.05, 3.63) is 0 Å². The summed E-state index contributed by atoms with van der Waals surface area (Å²) in [6.07, 6.45) is 0.718. The van der Waals surface area contributed by atoms with E-state index in [9.17, 15) is 13.0 Å². The van der Waals surface area contributed by atoms with Crippen LogP contribution < -0.4 is 29.6 Å². The van der Waals surface area contributed by atoms with Crippen LogP contribution in [0.3, 0.4) is 0 Å². The summed E-state index contributed by atoms with van der Waals surface area (Å²) in [7, 11) is -4.33. The maximum atomic E-state index is 11.9. The Morgan fingerprint density at radius 1 is 1.00 bits per heavy atom. The first-order chi connectivity index (χ1) is 7.53. The summed E-state index contributed by atoms with van der Waals surface area (Å²) in [5, 5.41) is 0. The van der Waals surface area contributed by atoms with Gasteiger partial charge in [-0.1, -0.05) is 54.9 Å². The molecule has 0 aromatic rings. The van der Waals surface area contributed by atoms with E-state index in [0.717, 1.165) is 6.42 Å². The zero-order chi connectivity index (χ0) is 14.0. The summed E-state index contributed by atoms with van der Waals surface area (Å²) in [5.74, 6) is -0.242. The third kappa shape index (κ3) is 3.72. The monoisotopic (exact) mass is 286 g/mol. The molecule has 0 aromatic carbocycles. The Bertz CT molecular complexity index is 326. The van der Waals surface area contributed by atoms with Crippen LogP contribution in [-0.4, -0.2) is 17.7 Å². The molecule has 0 aliphatic rings. The molecule has 0 saturated heterocycles. The van der Waals surface area contributed by atoms with Crippen LogP contribution in [0.25, 0.3) is 0 Å². The quantitative estimate of drug-likeness (QED) is 0.520. The summed E-state index contributed by atoms with van der Waals surface area (Å²) in [4.78, 5) is 0. The van der Waals surface area contributed by atoms with Gasteiger partial charge in [-0.25, -0.2) is 8.42 Å². The molecule has 0 amide bonds. The van der Waals surface area contributed by atoms with Crippen molar-refractivity contribution >= 4 is 10.1 Å². The van der Waals surface area contributed by atoms with Crippen molar-refractivity contribution < 1.29 is 42.5 Å². The van der Waals surface area contributed by atoms with Gasteiger partial charge in [-0.15, -0.1) is 0 Å². The summed E-state index contributed by atoms with van der Waals surface area (Å²) in [5.41, 5.74) is 0. The Balaban J connectivity index is 0. The van der Waals surface area contributed by atoms with Crippen molar-refractivity contribution in [2.75, 3.05) is 0 Å². The predicted octanol–water partition coefficient (Wildman–Crippen LogP) is 0.269. The second kappa shape index (κ2) is 7.63. The normalized spacial score (nSPS) is 15.1. The Hall–Kier alpha value is 0.910. The Morgan fingerprint density at radius 2 is 1.33 bits per heavy atom. The van der Waals surface area contributed by atoms with Gasteiger partial charge in [0.05, 0.1) is 4.75 Å². The molecule has 0 fully saturated rings. The molecule has 0 aliphatic heterocycles. The third-order valence-corrected chi connectivity index (χ3v) is 6.17. The van der Waals surface area contributed by atoms with Crippen LogP contribution >= 0.6 is 0 Å². The van der Waals surface area contributed by atoms with Crippen molar-refractivity contribution in [3.63, 3.8) is 0 Å². The van der Waals surface area contributed by atoms with Gasteiger partial charge in [0.2, 0.25) is 0 Å². The maximum Gasteiger partial charge on any atom is 1.00 e. The first-order valence-electron chi connectivity index (χ1n) is 6.48. The van der Waals surface area contributed by atoms with E-state index in [4.69, 9.17) is 0 Å². The molecule has 0 radical (unpaired) electrons. The summed E-state index contributed by atoms with van der Waals surface area (Å²) in [6.45, 7) is 13.4. The van der Waals surface area contributed by atoms with Gasteiger partial charge >= 0.3 is 29.6 Å². The van der Waals surface area contributed by atoms with Crippen LogP contribution in [0.1, 0.15) is 54.9 Å². The van der Waals surface area contributed by atoms with Crippen LogP contribution in [0.5, 0.6) is 0 Å². The van der Waals surface area contributed by atoms with Crippen molar-refractivity contribution in [3.8, 4) is 0 Å². The summed E-state index contributed by atoms with van der Waals surface area (Å²) in [6, 6.07) is 0. The fourth-order valence-corrected chi connectivity index (χ4v) is 5.56. The van der Waals surface area contributed by atoms with E-state index < -0.39 is 14.9 Å². The average molecular weight is 286 g/mol. The molecule has 0 heterocycles. The van der Waals surface area contributed by atoms with E-state index in [1.807, 2.05) is 48.5 Å². The van der Waals surface area contributed by atoms with Gasteiger partial charge in [-0.2, -0.15) is 0 Å². The van der Waals surface area contributed by atoms with E-state index in [1.54, 1.807) is 0 Å². The number of rotatable bonds is 6. The van der Waals surface area contributed by atoms with E-state index in [0.29, 0.717) is 0 Å². The maximum absolute atomic E-state index is 11.9. The van der Waals surface area contributed by atoms with E-state index >= 15 is 0 Å². The molecule has 3 nitrogen and oxygen atoms in total. The second-order valence-corrected chi connectivity index (χ2v) is 7.49. The first-order valence-corrected chi connectivity index (χ1v) is 7.89. The zero-order valence-corrected chi connectivity index (χ0v) is 16.0. The zero-order valence-electron chi connectivity index (χ0n) is 13.1. The van der Waals surface area contributed by atoms with Crippen LogP contribution in [0, 0.1) is 23.7 Å². The molecule has 5 heteroatoms. The molecule has 0 aromatic heterocycles. The first kappa shape index (κ1) is 21.2. The van der Waals surface area contributed by atoms with Crippen molar-refractivity contribution in [2.24, 2.45) is 23.7 Å². The molecule has 0 rings (SSSR count). The van der Waals surface area contributed by atoms with Crippen molar-refractivity contribution in [1.82, 2.24) is 0 Å². The third-order valence-electron chi connectivity index (χ3n) is 4.06. The molecule has 1 atom stereocenters. The fraction of sp³-hybridized carbons (Fsp3) is 1.00. The minimum atomic E-state index is -4.33. The Labute approximate surface area is 135 Å². The molecular formula is C13H27NaO3S. The molecule has 0 N–H and O–H groups in total. The Kier molecular flexibility index (Phi) is 8.99. The fourth-order valence-electron chi connectivity index (χ4n) is 3.60. The minimum absolute atomic E-state index is 0. The van der Waals surface area contributed by atoms with Gasteiger partial charge in [-0.05, 0) is 23.7 Å². The molecular weight excluding hydrogens is 259 g/mol. The largest absolute Gasteiger partial charge is 1.00 e. The molecule has 0 saturated carbocycles. The van der Waals surface area contributed by atoms with Gasteiger partial charge in [0.15, 0.2) is 0 Å². The number of hydrogen-bond donors (Lipinski definition) is 0. The van der Waals surface area contributed by atoms with Crippen molar-refractivity contribution in [2.45, 2.75) is 59.6 Å². The van der Waals surface area contributed by atoms with Gasteiger partial charge in [0.1, 0.15) is 10.1 Å². The minimum Gasteiger partial charge on any atom is -0.747 e. The summed E-state index contributed by atoms with van der Waals surface area (Å²) >= 11 is 0. The smallest absolute Gasteiger partial charge is 0.747 e. The van der Waals surface area contributed by atoms with Gasteiger partial charge in [0.25, 0.3) is 0 Å². The molecule has 1 unspecified atom stereocenters. The predicted molar refractivity (Wildman–Crippen MR) is 70.7 cm³/mol. The average Bonchev–Trinajstić information content (AvgIpc) is 2.08. The van der Waals surface area contributed by atoms with Crippen LogP contribution in [-0.2, 0) is 10.1 Å². The van der Waals surface area contributed by atoms with Crippen molar-refractivity contribution in [1.29, 1.82) is 0 Å². The topological polar surface area (TPSA) is 57.2 Å². The molecule has 0 bridgehead atoms. The second-order valence-electron chi connectivity index (χ2n) is 5.88. The molecule has 0 spiro atoms. The Morgan fingerprint density at radius 3 is 1.39 bits per heavy atom. The van der Waals surface area contributed by atoms with Gasteiger partial charge in [-0.3, -0.25) is 0 Å². The summed E-state index contributed by atoms with van der Waals surface area (Å²) < 4.78 is 34.5. The molecule has 0 aliphatic carbocycles. The van der Waals surface area contributed by atoms with Crippen LogP contribution in [0.4, 0.5) is 0 Å². The standard InChI is InChI=1S/C13H28O3S.Na/c1-8-12(9(2)3)13(10(4)5,11(6)7)17(14,15)16;/h9-12H,8H2,1-7H3,(H,14,15,16);/q;+1/p-1. The number of hydrogen-bond acceptors (Lipinski definition) is 3. The van der Waals surface area contributed by atoms with Gasteiger partial charge in [0, 0.05) is 0 Å².